The number of hydrogen-bond acceptors (Lipinski definition) is 3. The minimum Gasteiger partial charge on any atom is -0.340 e. The van der Waals surface area contributed by atoms with Crippen LogP contribution in [0.3, 0.4) is 0 Å². The van der Waals surface area contributed by atoms with Crippen molar-refractivity contribution in [2.75, 3.05) is 26.2 Å². The summed E-state index contributed by atoms with van der Waals surface area (Å²) < 4.78 is 0. The minimum atomic E-state index is 0.162. The van der Waals surface area contributed by atoms with E-state index in [1.165, 1.54) is 16.7 Å². The molecule has 0 radical (unpaired) electrons. The van der Waals surface area contributed by atoms with Crippen molar-refractivity contribution >= 4 is 5.91 Å². The molecule has 1 fully saturated rings. The summed E-state index contributed by atoms with van der Waals surface area (Å²) in [5, 5.41) is 7.59. The number of carbonyl (C=O) groups is 1. The van der Waals surface area contributed by atoms with Crippen LogP contribution in [-0.4, -0.2) is 52.1 Å². The average molecular weight is 417 g/mol. The molecular formula is C26H32N4O. The third-order valence-electron chi connectivity index (χ3n) is 6.30. The van der Waals surface area contributed by atoms with Crippen molar-refractivity contribution in [2.24, 2.45) is 0 Å². The molecule has 1 aromatic heterocycles. The summed E-state index contributed by atoms with van der Waals surface area (Å²) in [4.78, 5) is 17.3. The van der Waals surface area contributed by atoms with Crippen LogP contribution >= 0.6 is 0 Å². The van der Waals surface area contributed by atoms with Crippen LogP contribution < -0.4 is 0 Å². The second-order valence-corrected chi connectivity index (χ2v) is 8.42. The molecule has 3 aromatic rings. The predicted molar refractivity (Wildman–Crippen MR) is 124 cm³/mol. The molecule has 1 unspecified atom stereocenters. The van der Waals surface area contributed by atoms with E-state index in [9.17, 15) is 4.79 Å². The molecule has 5 heteroatoms. The highest BCUT2D eigenvalue weighted by atomic mass is 16.2. The molecule has 1 atom stereocenters. The van der Waals surface area contributed by atoms with Crippen molar-refractivity contribution < 1.29 is 4.79 Å². The molecule has 31 heavy (non-hydrogen) atoms. The number of nitrogens with one attached hydrogen (secondary N) is 1. The number of benzene rings is 2. The molecule has 1 aliphatic rings. The molecule has 0 aliphatic carbocycles. The Morgan fingerprint density at radius 3 is 2.23 bits per heavy atom. The molecule has 2 aromatic carbocycles. The Morgan fingerprint density at radius 1 is 0.968 bits per heavy atom. The van der Waals surface area contributed by atoms with E-state index in [2.05, 4.69) is 83.5 Å². The Kier molecular flexibility index (Phi) is 6.82. The van der Waals surface area contributed by atoms with Gasteiger partial charge in [0.2, 0.25) is 5.91 Å². The number of carbonyl (C=O) groups excluding carboxylic acids is 1. The Bertz CT molecular complexity index is 956. The molecule has 1 amide bonds. The van der Waals surface area contributed by atoms with Crippen LogP contribution in [0.2, 0.25) is 0 Å². The summed E-state index contributed by atoms with van der Waals surface area (Å²) in [6.07, 6.45) is 2.49. The van der Waals surface area contributed by atoms with Crippen LogP contribution in [0.15, 0.2) is 60.7 Å². The monoisotopic (exact) mass is 416 g/mol. The SMILES string of the molecule is Cc1n[nH]c(C)c1C(c1ccccc1)N1CCN(C(=O)CCCc2ccccc2)CC1. The molecule has 1 saturated heterocycles. The number of amides is 1. The minimum absolute atomic E-state index is 0.162. The van der Waals surface area contributed by atoms with Gasteiger partial charge in [-0.3, -0.25) is 14.8 Å². The zero-order valence-corrected chi connectivity index (χ0v) is 18.6. The Labute approximate surface area is 185 Å². The maximum absolute atomic E-state index is 12.8. The zero-order valence-electron chi connectivity index (χ0n) is 18.6. The van der Waals surface area contributed by atoms with E-state index >= 15 is 0 Å². The van der Waals surface area contributed by atoms with Crippen molar-refractivity contribution in [3.63, 3.8) is 0 Å². The van der Waals surface area contributed by atoms with Gasteiger partial charge in [0.25, 0.3) is 0 Å². The molecule has 1 N–H and O–H groups in total. The van der Waals surface area contributed by atoms with E-state index in [0.29, 0.717) is 6.42 Å². The fraction of sp³-hybridized carbons (Fsp3) is 0.385. The van der Waals surface area contributed by atoms with Crippen molar-refractivity contribution in [1.29, 1.82) is 0 Å². The zero-order chi connectivity index (χ0) is 21.6. The number of hydrogen-bond donors (Lipinski definition) is 1. The first-order chi connectivity index (χ1) is 15.1. The lowest BCUT2D eigenvalue weighted by atomic mass is 9.95. The van der Waals surface area contributed by atoms with E-state index in [0.717, 1.165) is 50.4 Å². The second kappa shape index (κ2) is 9.92. The van der Waals surface area contributed by atoms with Gasteiger partial charge in [0.05, 0.1) is 11.7 Å². The smallest absolute Gasteiger partial charge is 0.222 e. The topological polar surface area (TPSA) is 52.2 Å². The number of aromatic amines is 1. The van der Waals surface area contributed by atoms with Gasteiger partial charge < -0.3 is 4.90 Å². The summed E-state index contributed by atoms with van der Waals surface area (Å²) in [5.41, 5.74) is 6.00. The van der Waals surface area contributed by atoms with Crippen molar-refractivity contribution in [2.45, 2.75) is 39.2 Å². The molecule has 1 aliphatic heterocycles. The number of H-pyrrole nitrogens is 1. The third kappa shape index (κ3) is 5.05. The first-order valence-corrected chi connectivity index (χ1v) is 11.3. The lowest BCUT2D eigenvalue weighted by Gasteiger charge is -2.40. The molecule has 2 heterocycles. The number of piperazine rings is 1. The van der Waals surface area contributed by atoms with Gasteiger partial charge >= 0.3 is 0 Å². The highest BCUT2D eigenvalue weighted by molar-refractivity contribution is 5.76. The van der Waals surface area contributed by atoms with E-state index in [1.54, 1.807) is 0 Å². The highest BCUT2D eigenvalue weighted by Gasteiger charge is 2.30. The van der Waals surface area contributed by atoms with Crippen LogP contribution in [0.25, 0.3) is 0 Å². The van der Waals surface area contributed by atoms with Crippen molar-refractivity contribution in [3.8, 4) is 0 Å². The quantitative estimate of drug-likeness (QED) is 0.625. The number of nitrogens with zero attached hydrogens (tertiary/aromatic N) is 3. The van der Waals surface area contributed by atoms with Gasteiger partial charge in [-0.05, 0) is 37.8 Å². The second-order valence-electron chi connectivity index (χ2n) is 8.42. The number of aryl methyl sites for hydroxylation is 3. The Hall–Kier alpha value is -2.92. The molecular weight excluding hydrogens is 384 g/mol. The van der Waals surface area contributed by atoms with Crippen LogP contribution in [0, 0.1) is 13.8 Å². The first-order valence-electron chi connectivity index (χ1n) is 11.3. The van der Waals surface area contributed by atoms with Gasteiger partial charge in [-0.2, -0.15) is 5.10 Å². The molecule has 0 bridgehead atoms. The van der Waals surface area contributed by atoms with E-state index < -0.39 is 0 Å². The maximum Gasteiger partial charge on any atom is 0.222 e. The van der Waals surface area contributed by atoms with E-state index in [1.807, 2.05) is 11.0 Å². The fourth-order valence-corrected chi connectivity index (χ4v) is 4.63. The summed E-state index contributed by atoms with van der Waals surface area (Å²) in [5.74, 6) is 0.280. The van der Waals surface area contributed by atoms with Crippen LogP contribution in [0.1, 0.15) is 47.0 Å². The first kappa shape index (κ1) is 21.3. The van der Waals surface area contributed by atoms with Crippen LogP contribution in [-0.2, 0) is 11.2 Å². The van der Waals surface area contributed by atoms with Gasteiger partial charge in [0.1, 0.15) is 0 Å². The summed E-state index contributed by atoms with van der Waals surface area (Å²) in [6, 6.07) is 21.2. The Balaban J connectivity index is 1.38. The largest absolute Gasteiger partial charge is 0.340 e. The highest BCUT2D eigenvalue weighted by Crippen LogP contribution is 2.32. The van der Waals surface area contributed by atoms with E-state index in [4.69, 9.17) is 0 Å². The van der Waals surface area contributed by atoms with Gasteiger partial charge in [0, 0.05) is 43.9 Å². The average Bonchev–Trinajstić information content (AvgIpc) is 3.14. The van der Waals surface area contributed by atoms with Crippen molar-refractivity contribution in [1.82, 2.24) is 20.0 Å². The fourth-order valence-electron chi connectivity index (χ4n) is 4.63. The standard InChI is InChI=1S/C26H32N4O/c1-20-25(21(2)28-27-20)26(23-13-7-4-8-14-23)30-18-16-29(17-19-30)24(31)15-9-12-22-10-5-3-6-11-22/h3-8,10-11,13-14,26H,9,12,15-19H2,1-2H3,(H,27,28). The van der Waals surface area contributed by atoms with Gasteiger partial charge in [-0.25, -0.2) is 0 Å². The molecule has 5 nitrogen and oxygen atoms in total. The molecule has 0 saturated carbocycles. The van der Waals surface area contributed by atoms with Crippen LogP contribution in [0.4, 0.5) is 0 Å². The summed E-state index contributed by atoms with van der Waals surface area (Å²) in [7, 11) is 0. The number of aromatic nitrogens is 2. The van der Waals surface area contributed by atoms with Gasteiger partial charge in [-0.1, -0.05) is 60.7 Å². The van der Waals surface area contributed by atoms with Gasteiger partial charge in [0.15, 0.2) is 0 Å². The Morgan fingerprint density at radius 2 is 1.61 bits per heavy atom. The maximum atomic E-state index is 12.8. The van der Waals surface area contributed by atoms with Crippen LogP contribution in [0.5, 0.6) is 0 Å². The molecule has 162 valence electrons. The normalized spacial score (nSPS) is 15.7. The molecule has 4 rings (SSSR count). The predicted octanol–water partition coefficient (Wildman–Crippen LogP) is 4.28. The number of rotatable bonds is 7. The lowest BCUT2D eigenvalue weighted by Crippen LogP contribution is -2.50. The van der Waals surface area contributed by atoms with E-state index in [-0.39, 0.29) is 11.9 Å². The third-order valence-corrected chi connectivity index (χ3v) is 6.30. The summed E-state index contributed by atoms with van der Waals surface area (Å²) in [6.45, 7) is 7.47. The lowest BCUT2D eigenvalue weighted by molar-refractivity contribution is -0.133. The molecule has 0 spiro atoms. The van der Waals surface area contributed by atoms with Crippen molar-refractivity contribution in [3.05, 3.63) is 88.7 Å². The summed E-state index contributed by atoms with van der Waals surface area (Å²) >= 11 is 0. The van der Waals surface area contributed by atoms with Gasteiger partial charge in [-0.15, -0.1) is 0 Å².